The van der Waals surface area contributed by atoms with Crippen LogP contribution in [0.2, 0.25) is 0 Å². The lowest BCUT2D eigenvalue weighted by molar-refractivity contribution is -0.687. The largest absolute Gasteiger partial charge is 0.497 e. The predicted molar refractivity (Wildman–Crippen MR) is 87.8 cm³/mol. The summed E-state index contributed by atoms with van der Waals surface area (Å²) >= 11 is 0. The number of nitrogens with two attached hydrogens (primary N) is 1. The van der Waals surface area contributed by atoms with Crippen LogP contribution >= 0.6 is 0 Å². The molecule has 0 saturated heterocycles. The molecule has 0 aliphatic carbocycles. The van der Waals surface area contributed by atoms with Gasteiger partial charge in [-0.1, -0.05) is 49.4 Å². The van der Waals surface area contributed by atoms with Gasteiger partial charge in [0.25, 0.3) is 0 Å². The first kappa shape index (κ1) is 15.6. The summed E-state index contributed by atoms with van der Waals surface area (Å²) in [7, 11) is 1.70. The Morgan fingerprint density at radius 1 is 0.952 bits per heavy atom. The van der Waals surface area contributed by atoms with E-state index >= 15 is 0 Å². The van der Waals surface area contributed by atoms with Crippen molar-refractivity contribution in [2.45, 2.75) is 32.2 Å². The van der Waals surface area contributed by atoms with Crippen molar-refractivity contribution in [3.63, 3.8) is 0 Å². The predicted octanol–water partition coefficient (Wildman–Crippen LogP) is 2.99. The average Bonchev–Trinajstić information content (AvgIpc) is 2.54. The van der Waals surface area contributed by atoms with E-state index in [0.717, 1.165) is 18.7 Å². The van der Waals surface area contributed by atoms with E-state index in [-0.39, 0.29) is 0 Å². The fourth-order valence-corrected chi connectivity index (χ4v) is 2.57. The van der Waals surface area contributed by atoms with Crippen LogP contribution in [0.3, 0.4) is 0 Å². The summed E-state index contributed by atoms with van der Waals surface area (Å²) < 4.78 is 5.19. The molecule has 2 rings (SSSR count). The van der Waals surface area contributed by atoms with E-state index < -0.39 is 0 Å². The summed E-state index contributed by atoms with van der Waals surface area (Å²) in [6.45, 7) is 5.72. The van der Waals surface area contributed by atoms with E-state index in [9.17, 15) is 0 Å². The van der Waals surface area contributed by atoms with Crippen LogP contribution in [-0.2, 0) is 6.42 Å². The summed E-state index contributed by atoms with van der Waals surface area (Å²) in [4.78, 5) is 0. The lowest BCUT2D eigenvalue weighted by Gasteiger charge is -2.15. The number of ether oxygens (including phenoxy) is 1. The molecule has 112 valence electrons. The van der Waals surface area contributed by atoms with Crippen molar-refractivity contribution in [3.8, 4) is 5.75 Å². The monoisotopic (exact) mass is 284 g/mol. The van der Waals surface area contributed by atoms with Crippen LogP contribution in [-0.4, -0.2) is 19.7 Å². The molecule has 0 radical (unpaired) electrons. The topological polar surface area (TPSA) is 25.8 Å². The zero-order chi connectivity index (χ0) is 15.1. The van der Waals surface area contributed by atoms with Gasteiger partial charge < -0.3 is 10.1 Å². The molecule has 2 N–H and O–H groups in total. The zero-order valence-corrected chi connectivity index (χ0v) is 13.3. The van der Waals surface area contributed by atoms with E-state index in [2.05, 4.69) is 61.6 Å². The van der Waals surface area contributed by atoms with Crippen LogP contribution in [0.5, 0.6) is 5.75 Å². The minimum Gasteiger partial charge on any atom is -0.497 e. The van der Waals surface area contributed by atoms with Crippen molar-refractivity contribution >= 4 is 0 Å². The molecular weight excluding hydrogens is 258 g/mol. The molecule has 0 aromatic heterocycles. The summed E-state index contributed by atoms with van der Waals surface area (Å²) in [6.07, 6.45) is 1.09. The molecule has 0 aliphatic heterocycles. The van der Waals surface area contributed by atoms with E-state index in [0.29, 0.717) is 12.0 Å². The fourth-order valence-electron chi connectivity index (χ4n) is 2.57. The SMILES string of the molecule is COc1ccc(C[C@H](C)[NH2+]C[C@H](C)c2ccccc2)cc1. The Morgan fingerprint density at radius 3 is 2.24 bits per heavy atom. The Labute approximate surface area is 128 Å². The highest BCUT2D eigenvalue weighted by Gasteiger charge is 2.11. The third-order valence-corrected chi connectivity index (χ3v) is 3.98. The molecule has 21 heavy (non-hydrogen) atoms. The number of hydrogen-bond acceptors (Lipinski definition) is 1. The van der Waals surface area contributed by atoms with Gasteiger partial charge in [0.05, 0.1) is 19.7 Å². The first-order valence-corrected chi connectivity index (χ1v) is 7.70. The van der Waals surface area contributed by atoms with Crippen molar-refractivity contribution in [2.75, 3.05) is 13.7 Å². The lowest BCUT2D eigenvalue weighted by atomic mass is 10.0. The van der Waals surface area contributed by atoms with Crippen LogP contribution in [0.25, 0.3) is 0 Å². The Hall–Kier alpha value is -1.80. The van der Waals surface area contributed by atoms with Crippen LogP contribution < -0.4 is 10.1 Å². The minimum absolute atomic E-state index is 0.588. The van der Waals surface area contributed by atoms with Crippen LogP contribution in [0.4, 0.5) is 0 Å². The standard InChI is InChI=1S/C19H25NO/c1-15(18-7-5-4-6-8-18)14-20-16(2)13-17-9-11-19(21-3)12-10-17/h4-12,15-16,20H,13-14H2,1-3H3/p+1/t15-,16-/m0/s1. The van der Waals surface area contributed by atoms with Gasteiger partial charge in [-0.15, -0.1) is 0 Å². The Bertz CT molecular complexity index is 521. The minimum atomic E-state index is 0.588. The van der Waals surface area contributed by atoms with Crippen LogP contribution in [0.15, 0.2) is 54.6 Å². The van der Waals surface area contributed by atoms with Crippen molar-refractivity contribution in [3.05, 3.63) is 65.7 Å². The third kappa shape index (κ3) is 4.91. The number of hydrogen-bond donors (Lipinski definition) is 1. The summed E-state index contributed by atoms with van der Waals surface area (Å²) in [5.74, 6) is 1.51. The summed E-state index contributed by atoms with van der Waals surface area (Å²) in [6, 6.07) is 19.7. The van der Waals surface area contributed by atoms with Gasteiger partial charge in [0.1, 0.15) is 5.75 Å². The smallest absolute Gasteiger partial charge is 0.118 e. The quantitative estimate of drug-likeness (QED) is 0.831. The molecule has 0 amide bonds. The second kappa shape index (κ2) is 7.84. The van der Waals surface area contributed by atoms with Crippen LogP contribution in [0, 0.1) is 0 Å². The maximum Gasteiger partial charge on any atom is 0.118 e. The van der Waals surface area contributed by atoms with Crippen molar-refractivity contribution in [2.24, 2.45) is 0 Å². The highest BCUT2D eigenvalue weighted by atomic mass is 16.5. The second-order valence-corrected chi connectivity index (χ2v) is 5.81. The van der Waals surface area contributed by atoms with Gasteiger partial charge in [-0.05, 0) is 30.2 Å². The van der Waals surface area contributed by atoms with Gasteiger partial charge >= 0.3 is 0 Å². The molecule has 2 aromatic carbocycles. The maximum absolute atomic E-state index is 5.19. The molecule has 0 heterocycles. The molecular formula is C19H26NO+. The molecule has 0 spiro atoms. The number of methoxy groups -OCH3 is 1. The third-order valence-electron chi connectivity index (χ3n) is 3.98. The number of quaternary nitrogens is 1. The average molecular weight is 284 g/mol. The Balaban J connectivity index is 1.80. The van der Waals surface area contributed by atoms with E-state index in [1.54, 1.807) is 7.11 Å². The summed E-state index contributed by atoms with van der Waals surface area (Å²) in [5.41, 5.74) is 2.79. The molecule has 0 bridgehead atoms. The molecule has 2 nitrogen and oxygen atoms in total. The molecule has 0 unspecified atom stereocenters. The Kier molecular flexibility index (Phi) is 5.82. The van der Waals surface area contributed by atoms with Crippen molar-refractivity contribution < 1.29 is 10.1 Å². The molecule has 0 fully saturated rings. The zero-order valence-electron chi connectivity index (χ0n) is 13.3. The molecule has 2 aromatic rings. The van der Waals surface area contributed by atoms with Crippen molar-refractivity contribution in [1.29, 1.82) is 0 Å². The number of benzene rings is 2. The normalized spacial score (nSPS) is 13.7. The van der Waals surface area contributed by atoms with Gasteiger partial charge in [-0.3, -0.25) is 0 Å². The highest BCUT2D eigenvalue weighted by molar-refractivity contribution is 5.27. The van der Waals surface area contributed by atoms with Gasteiger partial charge in [-0.25, -0.2) is 0 Å². The van der Waals surface area contributed by atoms with Gasteiger partial charge in [0.15, 0.2) is 0 Å². The molecule has 2 atom stereocenters. The lowest BCUT2D eigenvalue weighted by Crippen LogP contribution is -2.90. The van der Waals surface area contributed by atoms with Crippen molar-refractivity contribution in [1.82, 2.24) is 0 Å². The van der Waals surface area contributed by atoms with Crippen LogP contribution in [0.1, 0.15) is 30.9 Å². The first-order chi connectivity index (χ1) is 10.2. The fraction of sp³-hybridized carbons (Fsp3) is 0.368. The summed E-state index contributed by atoms with van der Waals surface area (Å²) in [5, 5.41) is 2.45. The highest BCUT2D eigenvalue weighted by Crippen LogP contribution is 2.13. The van der Waals surface area contributed by atoms with Gasteiger partial charge in [-0.2, -0.15) is 0 Å². The van der Waals surface area contributed by atoms with E-state index in [4.69, 9.17) is 4.74 Å². The van der Waals surface area contributed by atoms with E-state index in [1.807, 2.05) is 12.1 Å². The molecule has 0 saturated carbocycles. The van der Waals surface area contributed by atoms with Gasteiger partial charge in [0, 0.05) is 12.3 Å². The molecule has 2 heteroatoms. The first-order valence-electron chi connectivity index (χ1n) is 7.70. The second-order valence-electron chi connectivity index (χ2n) is 5.81. The number of rotatable bonds is 7. The van der Waals surface area contributed by atoms with Gasteiger partial charge in [0.2, 0.25) is 0 Å². The molecule has 0 aliphatic rings. The van der Waals surface area contributed by atoms with E-state index in [1.165, 1.54) is 11.1 Å². The maximum atomic E-state index is 5.19. The Morgan fingerprint density at radius 2 is 1.62 bits per heavy atom.